The molecule has 0 aromatic heterocycles. The molecule has 1 saturated carbocycles. The molecular weight excluding hydrogens is 213 g/mol. The van der Waals surface area contributed by atoms with E-state index < -0.39 is 0 Å². The van der Waals surface area contributed by atoms with E-state index in [1.807, 2.05) is 12.1 Å². The molecule has 1 N–H and O–H groups in total. The minimum absolute atomic E-state index is 0.0999. The van der Waals surface area contributed by atoms with Crippen molar-refractivity contribution in [1.82, 2.24) is 5.32 Å². The van der Waals surface area contributed by atoms with Crippen molar-refractivity contribution < 1.29 is 4.39 Å². The molecule has 0 radical (unpaired) electrons. The summed E-state index contributed by atoms with van der Waals surface area (Å²) in [5, 5.41) is 3.56. The summed E-state index contributed by atoms with van der Waals surface area (Å²) < 4.78 is 13.4. The maximum atomic E-state index is 13.4. The highest BCUT2D eigenvalue weighted by Gasteiger charge is 2.28. The maximum absolute atomic E-state index is 13.4. The van der Waals surface area contributed by atoms with E-state index >= 15 is 0 Å². The standard InChI is InChI=1S/C15H22FN/c1-10-5-7-15(12(10)3)17-9-13-6-4-11(2)14(16)8-13/h4,6,8,10,12,15,17H,5,7,9H2,1-3H3. The Morgan fingerprint density at radius 2 is 2.06 bits per heavy atom. The normalized spacial score (nSPS) is 28.6. The van der Waals surface area contributed by atoms with Crippen LogP contribution < -0.4 is 5.32 Å². The van der Waals surface area contributed by atoms with Gasteiger partial charge in [0.1, 0.15) is 5.82 Å². The van der Waals surface area contributed by atoms with Gasteiger partial charge in [-0.2, -0.15) is 0 Å². The summed E-state index contributed by atoms with van der Waals surface area (Å²) in [6, 6.07) is 6.10. The molecule has 0 aliphatic heterocycles. The van der Waals surface area contributed by atoms with Crippen molar-refractivity contribution in [3.63, 3.8) is 0 Å². The predicted octanol–water partition coefficient (Wildman–Crippen LogP) is 3.66. The van der Waals surface area contributed by atoms with Gasteiger partial charge in [-0.05, 0) is 48.8 Å². The van der Waals surface area contributed by atoms with Gasteiger partial charge in [0.05, 0.1) is 0 Å². The van der Waals surface area contributed by atoms with E-state index in [0.717, 1.165) is 29.5 Å². The van der Waals surface area contributed by atoms with Crippen LogP contribution in [0.3, 0.4) is 0 Å². The van der Waals surface area contributed by atoms with E-state index in [0.29, 0.717) is 6.04 Å². The summed E-state index contributed by atoms with van der Waals surface area (Å²) in [5.41, 5.74) is 1.76. The van der Waals surface area contributed by atoms with Crippen molar-refractivity contribution >= 4 is 0 Å². The van der Waals surface area contributed by atoms with Crippen molar-refractivity contribution in [2.45, 2.75) is 46.2 Å². The Labute approximate surface area is 103 Å². The second-order valence-electron chi connectivity index (χ2n) is 5.48. The highest BCUT2D eigenvalue weighted by molar-refractivity contribution is 5.23. The van der Waals surface area contributed by atoms with Gasteiger partial charge in [0.25, 0.3) is 0 Å². The Balaban J connectivity index is 1.92. The summed E-state index contributed by atoms with van der Waals surface area (Å²) in [6.07, 6.45) is 2.55. The third-order valence-electron chi connectivity index (χ3n) is 4.27. The molecule has 2 rings (SSSR count). The third kappa shape index (κ3) is 2.86. The van der Waals surface area contributed by atoms with Crippen LogP contribution in [0.25, 0.3) is 0 Å². The molecule has 0 heterocycles. The van der Waals surface area contributed by atoms with E-state index in [1.165, 1.54) is 12.8 Å². The van der Waals surface area contributed by atoms with Crippen molar-refractivity contribution in [3.05, 3.63) is 35.1 Å². The van der Waals surface area contributed by atoms with Crippen molar-refractivity contribution in [2.24, 2.45) is 11.8 Å². The Bertz CT molecular complexity index is 389. The van der Waals surface area contributed by atoms with Gasteiger partial charge in [0, 0.05) is 12.6 Å². The Kier molecular flexibility index (Phi) is 3.82. The lowest BCUT2D eigenvalue weighted by molar-refractivity contribution is 0.369. The predicted molar refractivity (Wildman–Crippen MR) is 69.3 cm³/mol. The molecule has 94 valence electrons. The maximum Gasteiger partial charge on any atom is 0.126 e. The molecule has 1 aliphatic carbocycles. The second kappa shape index (κ2) is 5.18. The van der Waals surface area contributed by atoms with E-state index in [1.54, 1.807) is 13.0 Å². The number of nitrogens with one attached hydrogen (secondary N) is 1. The first kappa shape index (κ1) is 12.6. The van der Waals surface area contributed by atoms with Crippen molar-refractivity contribution in [1.29, 1.82) is 0 Å². The van der Waals surface area contributed by atoms with Gasteiger partial charge >= 0.3 is 0 Å². The number of rotatable bonds is 3. The zero-order chi connectivity index (χ0) is 12.4. The zero-order valence-electron chi connectivity index (χ0n) is 11.0. The van der Waals surface area contributed by atoms with Crippen molar-refractivity contribution in [2.75, 3.05) is 0 Å². The summed E-state index contributed by atoms with van der Waals surface area (Å²) in [5.74, 6) is 1.43. The third-order valence-corrected chi connectivity index (χ3v) is 4.27. The summed E-state index contributed by atoms with van der Waals surface area (Å²) in [4.78, 5) is 0. The van der Waals surface area contributed by atoms with Gasteiger partial charge in [0.15, 0.2) is 0 Å². The largest absolute Gasteiger partial charge is 0.310 e. The van der Waals surface area contributed by atoms with Crippen LogP contribution in [0, 0.1) is 24.6 Å². The first-order chi connectivity index (χ1) is 8.08. The monoisotopic (exact) mass is 235 g/mol. The molecule has 1 fully saturated rings. The lowest BCUT2D eigenvalue weighted by atomic mass is 9.97. The van der Waals surface area contributed by atoms with Gasteiger partial charge in [0.2, 0.25) is 0 Å². The molecule has 3 unspecified atom stereocenters. The Morgan fingerprint density at radius 1 is 1.29 bits per heavy atom. The molecule has 2 heteroatoms. The number of halogens is 1. The molecule has 1 aromatic carbocycles. The van der Waals surface area contributed by atoms with Gasteiger partial charge in [-0.3, -0.25) is 0 Å². The van der Waals surface area contributed by atoms with Crippen LogP contribution in [0.5, 0.6) is 0 Å². The number of aryl methyl sites for hydroxylation is 1. The van der Waals surface area contributed by atoms with Gasteiger partial charge < -0.3 is 5.32 Å². The highest BCUT2D eigenvalue weighted by atomic mass is 19.1. The number of hydrogen-bond donors (Lipinski definition) is 1. The second-order valence-corrected chi connectivity index (χ2v) is 5.48. The van der Waals surface area contributed by atoms with Crippen LogP contribution in [0.1, 0.15) is 37.8 Å². The van der Waals surface area contributed by atoms with E-state index in [4.69, 9.17) is 0 Å². The fourth-order valence-electron chi connectivity index (χ4n) is 2.65. The fraction of sp³-hybridized carbons (Fsp3) is 0.600. The fourth-order valence-corrected chi connectivity index (χ4v) is 2.65. The summed E-state index contributed by atoms with van der Waals surface area (Å²) in [7, 11) is 0. The average molecular weight is 235 g/mol. The number of benzene rings is 1. The van der Waals surface area contributed by atoms with E-state index in [9.17, 15) is 4.39 Å². The van der Waals surface area contributed by atoms with Crippen molar-refractivity contribution in [3.8, 4) is 0 Å². The van der Waals surface area contributed by atoms with Gasteiger partial charge in [-0.1, -0.05) is 26.0 Å². The molecule has 1 aliphatic rings. The summed E-state index contributed by atoms with van der Waals surface area (Å²) >= 11 is 0. The first-order valence-corrected chi connectivity index (χ1v) is 6.56. The molecule has 1 aromatic rings. The molecule has 0 amide bonds. The SMILES string of the molecule is Cc1ccc(CNC2CCC(C)C2C)cc1F. The smallest absolute Gasteiger partial charge is 0.126 e. The minimum Gasteiger partial charge on any atom is -0.310 e. The van der Waals surface area contributed by atoms with Crippen LogP contribution in [-0.2, 0) is 6.54 Å². The molecule has 0 bridgehead atoms. The van der Waals surface area contributed by atoms with Crippen LogP contribution in [-0.4, -0.2) is 6.04 Å². The van der Waals surface area contributed by atoms with Crippen LogP contribution in [0.4, 0.5) is 4.39 Å². The molecular formula is C15H22FN. The summed E-state index contributed by atoms with van der Waals surface area (Å²) in [6.45, 7) is 7.20. The van der Waals surface area contributed by atoms with Gasteiger partial charge in [-0.25, -0.2) is 4.39 Å². The average Bonchev–Trinajstić information content (AvgIpc) is 2.62. The zero-order valence-corrected chi connectivity index (χ0v) is 11.0. The molecule has 1 nitrogen and oxygen atoms in total. The van der Waals surface area contributed by atoms with E-state index in [2.05, 4.69) is 19.2 Å². The van der Waals surface area contributed by atoms with Crippen LogP contribution in [0.15, 0.2) is 18.2 Å². The molecule has 0 saturated heterocycles. The molecule has 3 atom stereocenters. The van der Waals surface area contributed by atoms with Gasteiger partial charge in [-0.15, -0.1) is 0 Å². The highest BCUT2D eigenvalue weighted by Crippen LogP contribution is 2.31. The van der Waals surface area contributed by atoms with Crippen LogP contribution >= 0.6 is 0 Å². The molecule has 17 heavy (non-hydrogen) atoms. The Hall–Kier alpha value is -0.890. The quantitative estimate of drug-likeness (QED) is 0.843. The lowest BCUT2D eigenvalue weighted by Gasteiger charge is -2.19. The first-order valence-electron chi connectivity index (χ1n) is 6.56. The topological polar surface area (TPSA) is 12.0 Å². The lowest BCUT2D eigenvalue weighted by Crippen LogP contribution is -2.31. The molecule has 0 spiro atoms. The van der Waals surface area contributed by atoms with E-state index in [-0.39, 0.29) is 5.82 Å². The Morgan fingerprint density at radius 3 is 2.65 bits per heavy atom. The van der Waals surface area contributed by atoms with Crippen LogP contribution in [0.2, 0.25) is 0 Å². The number of hydrogen-bond acceptors (Lipinski definition) is 1. The minimum atomic E-state index is -0.0999.